The van der Waals surface area contributed by atoms with Crippen molar-refractivity contribution in [2.75, 3.05) is 0 Å². The lowest BCUT2D eigenvalue weighted by molar-refractivity contribution is 0.592. The fourth-order valence-corrected chi connectivity index (χ4v) is 43.7. The summed E-state index contributed by atoms with van der Waals surface area (Å²) in [5, 5.41) is 5.54. The summed E-state index contributed by atoms with van der Waals surface area (Å²) < 4.78 is 0. The number of rotatable bonds is 9. The van der Waals surface area contributed by atoms with Crippen LogP contribution in [0.3, 0.4) is 0 Å². The van der Waals surface area contributed by atoms with Crippen molar-refractivity contribution in [2.45, 2.75) is 191 Å². The van der Waals surface area contributed by atoms with E-state index in [1.807, 2.05) is 0 Å². The molecule has 0 heterocycles. The second kappa shape index (κ2) is 13.2. The number of halogens is 1. The van der Waals surface area contributed by atoms with Crippen molar-refractivity contribution in [3.8, 4) is 0 Å². The Morgan fingerprint density at radius 1 is 0.400 bits per heavy atom. The highest BCUT2D eigenvalue weighted by Gasteiger charge is 2.72. The Bertz CT molecular complexity index is 1370. The first-order valence-electron chi connectivity index (χ1n) is 19.8. The SMILES string of the molecule is CC1=CC(C)([Si](C)(C)C)C([Si](Cl)(C2C([Si](C)(C)C)=CC(C)=CC2(C)[Si](C)(C)C)C2C([Si](C)(C)C)=CC(C)=CC2(C)[Si](C)(C)C)C([Si](C)(C)C)=C1. The largest absolute Gasteiger partial charge is 0.178 e. The molecular formula is C42H81ClSi7. The van der Waals surface area contributed by atoms with Gasteiger partial charge in [0, 0.05) is 0 Å². The van der Waals surface area contributed by atoms with Gasteiger partial charge in [0.05, 0.1) is 48.4 Å². The van der Waals surface area contributed by atoms with Gasteiger partial charge >= 0.3 is 0 Å². The molecule has 0 bridgehead atoms. The summed E-state index contributed by atoms with van der Waals surface area (Å²) >= 11 is 9.85. The van der Waals surface area contributed by atoms with Crippen molar-refractivity contribution >= 4 is 66.9 Å². The van der Waals surface area contributed by atoms with Crippen molar-refractivity contribution in [1.82, 2.24) is 0 Å². The molecule has 0 saturated carbocycles. The molecule has 0 aromatic rings. The first kappa shape index (κ1) is 44.6. The summed E-state index contributed by atoms with van der Waals surface area (Å²) in [6, 6.07) is 0. The summed E-state index contributed by atoms with van der Waals surface area (Å²) in [4.78, 5) is 0. The van der Waals surface area contributed by atoms with Crippen LogP contribution in [-0.4, -0.2) is 55.8 Å². The highest BCUT2D eigenvalue weighted by molar-refractivity contribution is 7.26. The van der Waals surface area contributed by atoms with Gasteiger partial charge in [-0.1, -0.05) is 207 Å². The zero-order chi connectivity index (χ0) is 39.4. The molecule has 0 aliphatic heterocycles. The van der Waals surface area contributed by atoms with E-state index >= 15 is 0 Å². The van der Waals surface area contributed by atoms with Crippen LogP contribution in [0.4, 0.5) is 0 Å². The summed E-state index contributed by atoms with van der Waals surface area (Å²) in [5.41, 5.74) is 5.61. The first-order chi connectivity index (χ1) is 21.8. The molecule has 3 aliphatic carbocycles. The van der Waals surface area contributed by atoms with Gasteiger partial charge < -0.3 is 0 Å². The minimum absolute atomic E-state index is 0.0532. The molecule has 0 amide bonds. The van der Waals surface area contributed by atoms with E-state index in [1.54, 1.807) is 15.6 Å². The normalized spacial score (nSPS) is 33.4. The van der Waals surface area contributed by atoms with Gasteiger partial charge in [0.15, 0.2) is 7.38 Å². The predicted octanol–water partition coefficient (Wildman–Crippen LogP) is 15.9. The molecule has 0 aromatic heterocycles. The highest BCUT2D eigenvalue weighted by atomic mass is 35.6. The lowest BCUT2D eigenvalue weighted by Gasteiger charge is -2.67. The summed E-state index contributed by atoms with van der Waals surface area (Å²) in [6.45, 7) is 63.4. The Balaban J connectivity index is 2.91. The number of hydrogen-bond donors (Lipinski definition) is 0. The van der Waals surface area contributed by atoms with E-state index in [9.17, 15) is 11.1 Å². The average molecular weight is 818 g/mol. The second-order valence-electron chi connectivity index (χ2n) is 23.9. The quantitative estimate of drug-likeness (QED) is 0.161. The molecule has 284 valence electrons. The monoisotopic (exact) mass is 816 g/mol. The van der Waals surface area contributed by atoms with E-state index in [0.717, 1.165) is 0 Å². The maximum absolute atomic E-state index is 9.85. The molecule has 0 aromatic carbocycles. The van der Waals surface area contributed by atoms with E-state index in [4.69, 9.17) is 0 Å². The molecule has 3 aliphatic rings. The molecule has 3 rings (SSSR count). The number of allylic oxidation sites excluding steroid dienone is 12. The fraction of sp³-hybridized carbons (Fsp3) is 0.714. The van der Waals surface area contributed by atoms with Gasteiger partial charge in [-0.05, 0) is 52.5 Å². The molecule has 0 radical (unpaired) electrons. The topological polar surface area (TPSA) is 0 Å². The molecule has 6 atom stereocenters. The third-order valence-corrected chi connectivity index (χ3v) is 40.8. The van der Waals surface area contributed by atoms with Crippen molar-refractivity contribution in [1.29, 1.82) is 0 Å². The van der Waals surface area contributed by atoms with Crippen molar-refractivity contribution < 1.29 is 0 Å². The molecule has 0 fully saturated rings. The van der Waals surface area contributed by atoms with Gasteiger partial charge in [-0.3, -0.25) is 0 Å². The third kappa shape index (κ3) is 7.45. The van der Waals surface area contributed by atoms with Crippen LogP contribution >= 0.6 is 11.1 Å². The van der Waals surface area contributed by atoms with Crippen molar-refractivity contribution in [3.63, 3.8) is 0 Å². The van der Waals surface area contributed by atoms with E-state index in [1.165, 1.54) is 16.7 Å². The van der Waals surface area contributed by atoms with Crippen LogP contribution < -0.4 is 0 Å². The van der Waals surface area contributed by atoms with Crippen LogP contribution in [0, 0.1) is 0 Å². The maximum atomic E-state index is 9.85. The Morgan fingerprint density at radius 2 is 0.580 bits per heavy atom. The lowest BCUT2D eigenvalue weighted by atomic mass is 9.94. The molecule has 6 unspecified atom stereocenters. The summed E-state index contributed by atoms with van der Waals surface area (Å²) in [7, 11) is -14.2. The van der Waals surface area contributed by atoms with Gasteiger partial charge in [0.1, 0.15) is 0 Å². The molecular weight excluding hydrogens is 737 g/mol. The Labute approximate surface area is 324 Å². The van der Waals surface area contributed by atoms with Gasteiger partial charge in [0.2, 0.25) is 0 Å². The summed E-state index contributed by atoms with van der Waals surface area (Å²) in [5.74, 6) is 0. The Morgan fingerprint density at radius 3 is 0.720 bits per heavy atom. The van der Waals surface area contributed by atoms with Crippen LogP contribution in [0.25, 0.3) is 0 Å². The minimum Gasteiger partial charge on any atom is -0.165 e. The van der Waals surface area contributed by atoms with Crippen molar-refractivity contribution in [3.05, 3.63) is 68.8 Å². The molecule has 0 spiro atoms. The lowest BCUT2D eigenvalue weighted by Crippen LogP contribution is -2.65. The van der Waals surface area contributed by atoms with E-state index in [2.05, 4.69) is 196 Å². The smallest absolute Gasteiger partial charge is 0.165 e. The van der Waals surface area contributed by atoms with Crippen molar-refractivity contribution in [2.24, 2.45) is 0 Å². The third-order valence-electron chi connectivity index (χ3n) is 14.2. The predicted molar refractivity (Wildman–Crippen MR) is 254 cm³/mol. The Kier molecular flexibility index (Phi) is 11.8. The minimum atomic E-state index is -3.05. The van der Waals surface area contributed by atoms with Gasteiger partial charge in [-0.25, -0.2) is 0 Å². The second-order valence-corrected chi connectivity index (χ2v) is 61.3. The average Bonchev–Trinajstić information content (AvgIpc) is 2.83. The van der Waals surface area contributed by atoms with Crippen LogP contribution in [-0.2, 0) is 0 Å². The molecule has 0 saturated heterocycles. The zero-order valence-corrected chi connectivity index (χ0v) is 45.3. The van der Waals surface area contributed by atoms with Gasteiger partial charge in [-0.15, -0.1) is 0 Å². The van der Waals surface area contributed by atoms with Gasteiger partial charge in [0.25, 0.3) is 0 Å². The van der Waals surface area contributed by atoms with E-state index in [-0.39, 0.29) is 15.1 Å². The zero-order valence-electron chi connectivity index (χ0n) is 37.6. The van der Waals surface area contributed by atoms with Crippen LogP contribution in [0.1, 0.15) is 41.5 Å². The van der Waals surface area contributed by atoms with Crippen LogP contribution in [0.2, 0.25) is 150 Å². The van der Waals surface area contributed by atoms with Crippen LogP contribution in [0.15, 0.2) is 68.8 Å². The van der Waals surface area contributed by atoms with Gasteiger partial charge in [-0.2, -0.15) is 11.1 Å². The number of hydrogen-bond acceptors (Lipinski definition) is 0. The molecule has 0 N–H and O–H groups in total. The molecule has 50 heavy (non-hydrogen) atoms. The standard InChI is InChI=1S/C42H81ClSi7/c1-31-25-34(44(7,8)9)37(40(4,28-31)47(16,17)18)50(43,38-35(45(10,11)12)26-32(2)29-41(38,5)48(19,20)21)39-36(46(13,14)15)27-33(3)30-42(39,6)49(22,23)24/h25-30,37-39H,1-24H3. The maximum Gasteiger partial charge on any atom is 0.178 e. The molecule has 8 heteroatoms. The first-order valence-corrected chi connectivity index (χ1v) is 44.0. The fourth-order valence-electron chi connectivity index (χ4n) is 10.2. The van der Waals surface area contributed by atoms with E-state index in [0.29, 0.717) is 16.6 Å². The Hall–Kier alpha value is 0.248. The van der Waals surface area contributed by atoms with Crippen LogP contribution in [0.5, 0.6) is 0 Å². The summed E-state index contributed by atoms with van der Waals surface area (Å²) in [6.07, 6.45) is 16.5. The molecule has 0 nitrogen and oxygen atoms in total. The van der Waals surface area contributed by atoms with E-state index < -0.39 is 55.8 Å². The highest BCUT2D eigenvalue weighted by Crippen LogP contribution is 2.78.